The highest BCUT2D eigenvalue weighted by molar-refractivity contribution is 6.58. The highest BCUT2D eigenvalue weighted by atomic mass is 16.5. The van der Waals surface area contributed by atoms with Gasteiger partial charge < -0.3 is 19.9 Å². The number of methoxy groups -OCH3 is 1. The molecule has 1 aromatic rings. The van der Waals surface area contributed by atoms with Crippen molar-refractivity contribution in [2.45, 2.75) is 0 Å². The van der Waals surface area contributed by atoms with Crippen molar-refractivity contribution in [3.8, 4) is 0 Å². The van der Waals surface area contributed by atoms with Gasteiger partial charge >= 0.3 is 19.1 Å². The molecule has 1 rings (SSSR count). The third-order valence-corrected chi connectivity index (χ3v) is 1.87. The zero-order chi connectivity index (χ0) is 14.7. The molecule has 0 saturated carbocycles. The number of aliphatic carboxylic acids is 1. The Morgan fingerprint density at radius 2 is 1.79 bits per heavy atom. The second-order valence-electron chi connectivity index (χ2n) is 3.36. The lowest BCUT2D eigenvalue weighted by Crippen LogP contribution is -2.29. The van der Waals surface area contributed by atoms with Gasteiger partial charge in [-0.1, -0.05) is 30.3 Å². The summed E-state index contributed by atoms with van der Waals surface area (Å²) >= 11 is 0. The first-order valence-electron chi connectivity index (χ1n) is 5.37. The minimum Gasteiger partial charge on any atom is -0.480 e. The fourth-order valence-corrected chi connectivity index (χ4v) is 0.969. The van der Waals surface area contributed by atoms with E-state index in [1.54, 1.807) is 24.3 Å². The molecular formula is C11H16BNO6. The number of hydrogen-bond donors (Lipinski definition) is 4. The topological polar surface area (TPSA) is 116 Å². The van der Waals surface area contributed by atoms with Crippen LogP contribution < -0.4 is 10.8 Å². The number of carboxylic acids is 1. The predicted octanol–water partition coefficient (Wildman–Crippen LogP) is -1.80. The smallest absolute Gasteiger partial charge is 0.480 e. The number of carboxylic acid groups (broad SMARTS) is 1. The monoisotopic (exact) mass is 269 g/mol. The van der Waals surface area contributed by atoms with Crippen molar-refractivity contribution in [3.05, 3.63) is 30.3 Å². The summed E-state index contributed by atoms with van der Waals surface area (Å²) in [6, 6.07) is 8.66. The number of rotatable bonds is 5. The molecule has 0 atom stereocenters. The zero-order valence-electron chi connectivity index (χ0n) is 10.4. The molecule has 0 aromatic heterocycles. The second kappa shape index (κ2) is 10.1. The van der Waals surface area contributed by atoms with Crippen LogP contribution in [0.4, 0.5) is 0 Å². The van der Waals surface area contributed by atoms with Crippen LogP contribution in [0.1, 0.15) is 0 Å². The van der Waals surface area contributed by atoms with Gasteiger partial charge in [-0.05, 0) is 5.46 Å². The Kier molecular flexibility index (Phi) is 9.06. The van der Waals surface area contributed by atoms with Crippen molar-refractivity contribution in [2.75, 3.05) is 20.2 Å². The van der Waals surface area contributed by atoms with Crippen LogP contribution in [0.25, 0.3) is 0 Å². The molecule has 0 aliphatic carbocycles. The van der Waals surface area contributed by atoms with Gasteiger partial charge in [-0.3, -0.25) is 14.9 Å². The fraction of sp³-hybridized carbons (Fsp3) is 0.273. The quantitative estimate of drug-likeness (QED) is 0.368. The van der Waals surface area contributed by atoms with Crippen LogP contribution in [0.3, 0.4) is 0 Å². The van der Waals surface area contributed by atoms with Crippen LogP contribution in [0, 0.1) is 0 Å². The molecule has 0 heterocycles. The summed E-state index contributed by atoms with van der Waals surface area (Å²) < 4.78 is 4.24. The average Bonchev–Trinajstić information content (AvgIpc) is 2.39. The standard InChI is InChI=1S/C6H7BO2.C5H9NO4/c8-7(9)6-4-2-1-3-5-6;1-10-5(9)3-6-2-4(7)8/h1-5,8-9H;6H,2-3H2,1H3,(H,7,8). The molecule has 104 valence electrons. The van der Waals surface area contributed by atoms with Gasteiger partial charge in [0.05, 0.1) is 20.2 Å². The lowest BCUT2D eigenvalue weighted by atomic mass is 9.81. The number of nitrogens with one attached hydrogen (secondary N) is 1. The molecule has 4 N–H and O–H groups in total. The Hall–Kier alpha value is -1.90. The van der Waals surface area contributed by atoms with Gasteiger partial charge in [-0.2, -0.15) is 0 Å². The van der Waals surface area contributed by atoms with Crippen LogP contribution in [-0.2, 0) is 14.3 Å². The van der Waals surface area contributed by atoms with Crippen molar-refractivity contribution in [1.82, 2.24) is 5.32 Å². The van der Waals surface area contributed by atoms with Crippen molar-refractivity contribution >= 4 is 24.5 Å². The van der Waals surface area contributed by atoms with Crippen molar-refractivity contribution in [2.24, 2.45) is 0 Å². The molecule has 8 heteroatoms. The van der Waals surface area contributed by atoms with E-state index in [2.05, 4.69) is 10.1 Å². The molecule has 0 radical (unpaired) electrons. The second-order valence-corrected chi connectivity index (χ2v) is 3.36. The molecule has 0 aliphatic heterocycles. The molecular weight excluding hydrogens is 253 g/mol. The first-order valence-corrected chi connectivity index (χ1v) is 5.37. The third kappa shape index (κ3) is 9.77. The molecule has 0 unspecified atom stereocenters. The maximum Gasteiger partial charge on any atom is 0.488 e. The highest BCUT2D eigenvalue weighted by Crippen LogP contribution is 1.82. The van der Waals surface area contributed by atoms with E-state index in [-0.39, 0.29) is 13.1 Å². The normalized spacial score (nSPS) is 9.00. The summed E-state index contributed by atoms with van der Waals surface area (Å²) in [6.45, 7) is -0.294. The first-order chi connectivity index (χ1) is 8.97. The van der Waals surface area contributed by atoms with Gasteiger partial charge in [-0.25, -0.2) is 0 Å². The van der Waals surface area contributed by atoms with E-state index < -0.39 is 19.1 Å². The van der Waals surface area contributed by atoms with Gasteiger partial charge in [0.25, 0.3) is 0 Å². The zero-order valence-corrected chi connectivity index (χ0v) is 10.4. The highest BCUT2D eigenvalue weighted by Gasteiger charge is 2.07. The van der Waals surface area contributed by atoms with Gasteiger partial charge in [0, 0.05) is 0 Å². The molecule has 0 aliphatic rings. The Bertz CT molecular complexity index is 384. The van der Waals surface area contributed by atoms with E-state index in [4.69, 9.17) is 15.2 Å². The van der Waals surface area contributed by atoms with Crippen molar-refractivity contribution < 1.29 is 29.5 Å². The summed E-state index contributed by atoms with van der Waals surface area (Å²) in [5, 5.41) is 27.6. The molecule has 0 fully saturated rings. The number of ether oxygens (including phenoxy) is 1. The van der Waals surface area contributed by atoms with Crippen LogP contribution in [0.5, 0.6) is 0 Å². The molecule has 7 nitrogen and oxygen atoms in total. The largest absolute Gasteiger partial charge is 0.488 e. The maximum absolute atomic E-state index is 10.3. The number of carbonyl (C=O) groups excluding carboxylic acids is 1. The van der Waals surface area contributed by atoms with E-state index in [1.807, 2.05) is 6.07 Å². The number of carbonyl (C=O) groups is 2. The maximum atomic E-state index is 10.3. The summed E-state index contributed by atoms with van der Waals surface area (Å²) in [6.07, 6.45) is 0. The third-order valence-electron chi connectivity index (χ3n) is 1.87. The van der Waals surface area contributed by atoms with E-state index in [0.29, 0.717) is 5.46 Å². The lowest BCUT2D eigenvalue weighted by molar-refractivity contribution is -0.140. The number of hydrogen-bond acceptors (Lipinski definition) is 6. The molecule has 1 aromatic carbocycles. The van der Waals surface area contributed by atoms with Crippen molar-refractivity contribution in [3.63, 3.8) is 0 Å². The van der Waals surface area contributed by atoms with Crippen LogP contribution in [0.2, 0.25) is 0 Å². The van der Waals surface area contributed by atoms with Gasteiger partial charge in [0.15, 0.2) is 0 Å². The molecule has 0 bridgehead atoms. The minimum absolute atomic E-state index is 0.0667. The SMILES string of the molecule is COC(=O)CNCC(=O)O.OB(O)c1ccccc1. The number of esters is 1. The lowest BCUT2D eigenvalue weighted by Gasteiger charge is -1.97. The summed E-state index contributed by atoms with van der Waals surface area (Å²) in [5.74, 6) is -1.47. The fourth-order valence-electron chi connectivity index (χ4n) is 0.969. The first kappa shape index (κ1) is 17.1. The van der Waals surface area contributed by atoms with Crippen LogP contribution >= 0.6 is 0 Å². The minimum atomic E-state index is -1.34. The predicted molar refractivity (Wildman–Crippen MR) is 68.8 cm³/mol. The van der Waals surface area contributed by atoms with E-state index in [1.165, 1.54) is 7.11 Å². The van der Waals surface area contributed by atoms with E-state index in [9.17, 15) is 9.59 Å². The van der Waals surface area contributed by atoms with Crippen LogP contribution in [-0.4, -0.2) is 54.4 Å². The van der Waals surface area contributed by atoms with Crippen LogP contribution in [0.15, 0.2) is 30.3 Å². The van der Waals surface area contributed by atoms with E-state index >= 15 is 0 Å². The molecule has 0 spiro atoms. The summed E-state index contributed by atoms with van der Waals surface area (Å²) in [7, 11) is -0.101. The Morgan fingerprint density at radius 1 is 1.21 bits per heavy atom. The molecule has 0 saturated heterocycles. The number of benzene rings is 1. The Balaban J connectivity index is 0.000000342. The van der Waals surface area contributed by atoms with E-state index in [0.717, 1.165) is 0 Å². The van der Waals surface area contributed by atoms with Gasteiger partial charge in [0.1, 0.15) is 0 Å². The Morgan fingerprint density at radius 3 is 2.16 bits per heavy atom. The Labute approximate surface area is 111 Å². The van der Waals surface area contributed by atoms with Gasteiger partial charge in [-0.15, -0.1) is 0 Å². The summed E-state index contributed by atoms with van der Waals surface area (Å²) in [4.78, 5) is 20.2. The molecule has 19 heavy (non-hydrogen) atoms. The van der Waals surface area contributed by atoms with Crippen molar-refractivity contribution in [1.29, 1.82) is 0 Å². The summed E-state index contributed by atoms with van der Waals surface area (Å²) in [5.41, 5.74) is 0.525. The van der Waals surface area contributed by atoms with Gasteiger partial charge in [0.2, 0.25) is 0 Å². The molecule has 0 amide bonds. The average molecular weight is 269 g/mol.